The lowest BCUT2D eigenvalue weighted by Gasteiger charge is -2.12. The third-order valence-electron chi connectivity index (χ3n) is 4.47. The van der Waals surface area contributed by atoms with Crippen molar-refractivity contribution in [1.29, 1.82) is 5.26 Å². The van der Waals surface area contributed by atoms with Crippen LogP contribution in [0.3, 0.4) is 0 Å². The Morgan fingerprint density at radius 1 is 0.862 bits per heavy atom. The summed E-state index contributed by atoms with van der Waals surface area (Å²) in [6, 6.07) is 27.7. The van der Waals surface area contributed by atoms with Crippen LogP contribution in [0.5, 0.6) is 17.2 Å². The minimum absolute atomic E-state index is 0.0353. The Bertz CT molecular complexity index is 1200. The molecule has 3 aromatic carbocycles. The van der Waals surface area contributed by atoms with Gasteiger partial charge in [-0.2, -0.15) is 5.26 Å². The fraction of sp³-hybridized carbons (Fsp3) is 0. The van der Waals surface area contributed by atoms with Crippen LogP contribution in [0.1, 0.15) is 5.56 Å². The molecule has 0 bridgehead atoms. The number of phenols is 1. The smallest absolute Gasteiger partial charge is 0.169 e. The second-order valence-corrected chi connectivity index (χ2v) is 6.39. The van der Waals surface area contributed by atoms with E-state index in [4.69, 9.17) is 10.5 Å². The van der Waals surface area contributed by atoms with Crippen LogP contribution in [0.15, 0.2) is 84.9 Å². The number of anilines is 1. The molecule has 1 heterocycles. The van der Waals surface area contributed by atoms with Crippen molar-refractivity contribution >= 4 is 5.82 Å². The molecule has 0 atom stereocenters. The molecule has 3 N–H and O–H groups in total. The van der Waals surface area contributed by atoms with Gasteiger partial charge in [0.15, 0.2) is 11.5 Å². The van der Waals surface area contributed by atoms with Crippen molar-refractivity contribution < 1.29 is 9.84 Å². The summed E-state index contributed by atoms with van der Waals surface area (Å²) in [5, 5.41) is 20.1. The number of benzene rings is 3. The van der Waals surface area contributed by atoms with E-state index in [2.05, 4.69) is 11.1 Å². The molecule has 4 aromatic rings. The molecule has 29 heavy (non-hydrogen) atoms. The molecule has 0 fully saturated rings. The van der Waals surface area contributed by atoms with Crippen LogP contribution in [-0.4, -0.2) is 10.1 Å². The highest BCUT2D eigenvalue weighted by molar-refractivity contribution is 5.81. The molecule has 0 aliphatic carbocycles. The molecule has 0 aliphatic heterocycles. The largest absolute Gasteiger partial charge is 0.504 e. The van der Waals surface area contributed by atoms with Gasteiger partial charge in [0.25, 0.3) is 0 Å². The number of nitrogen functional groups attached to an aromatic ring is 1. The Kier molecular flexibility index (Phi) is 4.83. The summed E-state index contributed by atoms with van der Waals surface area (Å²) < 4.78 is 5.72. The van der Waals surface area contributed by atoms with Crippen molar-refractivity contribution in [3.05, 3.63) is 90.5 Å². The number of aromatic nitrogens is 1. The molecule has 1 aromatic heterocycles. The molecule has 4 rings (SSSR count). The number of ether oxygens (including phenoxy) is 1. The number of nitrogens with zero attached hydrogens (tertiary/aromatic N) is 2. The molecule has 0 saturated heterocycles. The molecule has 0 radical (unpaired) electrons. The van der Waals surface area contributed by atoms with Gasteiger partial charge in [0.05, 0.1) is 5.69 Å². The quantitative estimate of drug-likeness (QED) is 0.497. The predicted molar refractivity (Wildman–Crippen MR) is 112 cm³/mol. The molecule has 0 unspecified atom stereocenters. The zero-order valence-electron chi connectivity index (χ0n) is 15.4. The summed E-state index contributed by atoms with van der Waals surface area (Å²) in [5.74, 6) is 1.05. The van der Waals surface area contributed by atoms with Crippen LogP contribution in [0.2, 0.25) is 0 Å². The third kappa shape index (κ3) is 3.73. The fourth-order valence-corrected chi connectivity index (χ4v) is 3.05. The molecule has 5 heteroatoms. The molecule has 0 aliphatic rings. The number of hydrogen-bond acceptors (Lipinski definition) is 5. The summed E-state index contributed by atoms with van der Waals surface area (Å²) in [6.07, 6.45) is 0. The van der Waals surface area contributed by atoms with E-state index < -0.39 is 0 Å². The Morgan fingerprint density at radius 2 is 1.55 bits per heavy atom. The van der Waals surface area contributed by atoms with Crippen LogP contribution >= 0.6 is 0 Å². The van der Waals surface area contributed by atoms with Gasteiger partial charge in [-0.05, 0) is 35.9 Å². The lowest BCUT2D eigenvalue weighted by molar-refractivity contribution is 0.411. The Hall–Kier alpha value is -4.30. The van der Waals surface area contributed by atoms with E-state index in [1.807, 2.05) is 48.5 Å². The van der Waals surface area contributed by atoms with Crippen molar-refractivity contribution in [1.82, 2.24) is 4.98 Å². The SMILES string of the molecule is N#Cc1c(-c2ccc(Oc3ccccc3)c(O)c2)cc(-c2ccccc2)nc1N. The van der Waals surface area contributed by atoms with Crippen LogP contribution in [0, 0.1) is 11.3 Å². The van der Waals surface area contributed by atoms with Gasteiger partial charge in [-0.15, -0.1) is 0 Å². The first-order valence-corrected chi connectivity index (χ1v) is 8.98. The number of rotatable bonds is 4. The average molecular weight is 379 g/mol. The van der Waals surface area contributed by atoms with Gasteiger partial charge >= 0.3 is 0 Å². The Balaban J connectivity index is 1.77. The van der Waals surface area contributed by atoms with Crippen molar-refractivity contribution in [2.75, 3.05) is 5.73 Å². The first-order chi connectivity index (χ1) is 14.2. The van der Waals surface area contributed by atoms with E-state index in [1.165, 1.54) is 0 Å². The van der Waals surface area contributed by atoms with Gasteiger partial charge in [0.2, 0.25) is 0 Å². The summed E-state index contributed by atoms with van der Waals surface area (Å²) in [6.45, 7) is 0. The average Bonchev–Trinajstić information content (AvgIpc) is 2.76. The van der Waals surface area contributed by atoms with Crippen molar-refractivity contribution in [2.24, 2.45) is 0 Å². The van der Waals surface area contributed by atoms with Crippen molar-refractivity contribution in [2.45, 2.75) is 0 Å². The van der Waals surface area contributed by atoms with E-state index in [1.54, 1.807) is 36.4 Å². The standard InChI is InChI=1S/C24H17N3O2/c25-15-20-19(14-21(27-24(20)26)16-7-3-1-4-8-16)17-11-12-23(22(28)13-17)29-18-9-5-2-6-10-18/h1-14,28H,(H2,26,27). The van der Waals surface area contributed by atoms with Crippen LogP contribution in [0.25, 0.3) is 22.4 Å². The van der Waals surface area contributed by atoms with Gasteiger partial charge in [-0.25, -0.2) is 4.98 Å². The topological polar surface area (TPSA) is 92.2 Å². The van der Waals surface area contributed by atoms with E-state index in [0.29, 0.717) is 28.3 Å². The third-order valence-corrected chi connectivity index (χ3v) is 4.47. The number of pyridine rings is 1. The lowest BCUT2D eigenvalue weighted by Crippen LogP contribution is -1.99. The minimum atomic E-state index is -0.0353. The fourth-order valence-electron chi connectivity index (χ4n) is 3.05. The highest BCUT2D eigenvalue weighted by Gasteiger charge is 2.15. The number of phenolic OH excluding ortho intramolecular Hbond substituents is 1. The van der Waals surface area contributed by atoms with Gasteiger partial charge < -0.3 is 15.6 Å². The number of nitriles is 1. The monoisotopic (exact) mass is 379 g/mol. The number of nitrogens with two attached hydrogens (primary N) is 1. The number of aromatic hydroxyl groups is 1. The summed E-state index contributed by atoms with van der Waals surface area (Å²) in [5.41, 5.74) is 9.10. The molecule has 140 valence electrons. The first-order valence-electron chi connectivity index (χ1n) is 8.98. The number of para-hydroxylation sites is 1. The second kappa shape index (κ2) is 7.75. The summed E-state index contributed by atoms with van der Waals surface area (Å²) in [4.78, 5) is 4.36. The van der Waals surface area contributed by atoms with Crippen LogP contribution < -0.4 is 10.5 Å². The molecule has 0 saturated carbocycles. The maximum atomic E-state index is 10.5. The van der Waals surface area contributed by atoms with E-state index >= 15 is 0 Å². The van der Waals surface area contributed by atoms with Gasteiger partial charge in [-0.1, -0.05) is 54.6 Å². The van der Waals surface area contributed by atoms with E-state index in [9.17, 15) is 10.4 Å². The highest BCUT2D eigenvalue weighted by Crippen LogP contribution is 2.37. The molecular weight excluding hydrogens is 362 g/mol. The predicted octanol–water partition coefficient (Wildman–Crippen LogP) is 5.37. The van der Waals surface area contributed by atoms with Crippen molar-refractivity contribution in [3.63, 3.8) is 0 Å². The van der Waals surface area contributed by atoms with Gasteiger partial charge in [0.1, 0.15) is 23.2 Å². The molecular formula is C24H17N3O2. The molecule has 5 nitrogen and oxygen atoms in total. The zero-order valence-corrected chi connectivity index (χ0v) is 15.4. The maximum absolute atomic E-state index is 10.5. The van der Waals surface area contributed by atoms with Crippen molar-refractivity contribution in [3.8, 4) is 45.7 Å². The van der Waals surface area contributed by atoms with Crippen LogP contribution in [0.4, 0.5) is 5.82 Å². The normalized spacial score (nSPS) is 10.3. The molecule has 0 amide bonds. The van der Waals surface area contributed by atoms with Gasteiger partial charge in [-0.3, -0.25) is 0 Å². The highest BCUT2D eigenvalue weighted by atomic mass is 16.5. The van der Waals surface area contributed by atoms with Gasteiger partial charge in [0, 0.05) is 11.1 Å². The number of hydrogen-bond donors (Lipinski definition) is 2. The van der Waals surface area contributed by atoms with Crippen LogP contribution in [-0.2, 0) is 0 Å². The zero-order chi connectivity index (χ0) is 20.2. The lowest BCUT2D eigenvalue weighted by atomic mass is 9.98. The Morgan fingerprint density at radius 3 is 2.21 bits per heavy atom. The molecule has 0 spiro atoms. The Labute approximate surface area is 168 Å². The minimum Gasteiger partial charge on any atom is -0.504 e. The first kappa shape index (κ1) is 18.1. The second-order valence-electron chi connectivity index (χ2n) is 6.39. The maximum Gasteiger partial charge on any atom is 0.169 e. The van der Waals surface area contributed by atoms with E-state index in [0.717, 1.165) is 5.56 Å². The summed E-state index contributed by atoms with van der Waals surface area (Å²) >= 11 is 0. The summed E-state index contributed by atoms with van der Waals surface area (Å²) in [7, 11) is 0. The van der Waals surface area contributed by atoms with E-state index in [-0.39, 0.29) is 17.1 Å².